The summed E-state index contributed by atoms with van der Waals surface area (Å²) in [6.45, 7) is 3.11. The van der Waals surface area contributed by atoms with Crippen LogP contribution in [0.15, 0.2) is 28.5 Å². The zero-order valence-corrected chi connectivity index (χ0v) is 14.3. The third-order valence-corrected chi connectivity index (χ3v) is 5.96. The molecule has 2 saturated heterocycles. The second-order valence-electron chi connectivity index (χ2n) is 7.36. The van der Waals surface area contributed by atoms with E-state index in [0.29, 0.717) is 5.92 Å². The summed E-state index contributed by atoms with van der Waals surface area (Å²) in [7, 11) is 1.94. The van der Waals surface area contributed by atoms with E-state index in [1.165, 1.54) is 18.5 Å². The van der Waals surface area contributed by atoms with Crippen LogP contribution >= 0.6 is 0 Å². The highest BCUT2D eigenvalue weighted by Gasteiger charge is 2.52. The first-order valence-electron chi connectivity index (χ1n) is 9.22. The lowest BCUT2D eigenvalue weighted by atomic mass is 9.80. The number of hydrogen-bond acceptors (Lipinski definition) is 3. The molecule has 4 heteroatoms. The minimum Gasteiger partial charge on any atom is -0.340 e. The number of carbonyl (C=O) groups excluding carboxylic acids is 1. The third kappa shape index (κ3) is 2.26. The molecule has 124 valence electrons. The fraction of sp³-hybridized carbons (Fsp3) is 0.684. The van der Waals surface area contributed by atoms with E-state index in [0.717, 1.165) is 56.6 Å². The maximum absolute atomic E-state index is 13.2. The fourth-order valence-electron chi connectivity index (χ4n) is 4.40. The lowest BCUT2D eigenvalue weighted by Crippen LogP contribution is -2.67. The van der Waals surface area contributed by atoms with E-state index >= 15 is 0 Å². The van der Waals surface area contributed by atoms with Gasteiger partial charge in [-0.15, -0.1) is 0 Å². The number of likely N-dealkylation sites (N-methyl/N-ethyl adjacent to an activating group) is 1. The molecule has 1 saturated carbocycles. The van der Waals surface area contributed by atoms with Crippen LogP contribution in [0, 0.1) is 5.92 Å². The molecule has 1 atom stereocenters. The summed E-state index contributed by atoms with van der Waals surface area (Å²) in [6, 6.07) is 0. The first kappa shape index (κ1) is 15.0. The molecule has 3 aliphatic heterocycles. The van der Waals surface area contributed by atoms with Crippen LogP contribution < -0.4 is 0 Å². The Kier molecular flexibility index (Phi) is 3.58. The Morgan fingerprint density at radius 2 is 2.04 bits per heavy atom. The van der Waals surface area contributed by atoms with E-state index in [2.05, 4.69) is 24.0 Å². The number of fused-ring (bicyclic) bond motifs is 3. The molecule has 3 heterocycles. The number of carbonyl (C=O) groups is 1. The van der Waals surface area contributed by atoms with Crippen LogP contribution in [0.5, 0.6) is 0 Å². The minimum atomic E-state index is -0.364. The predicted octanol–water partition coefficient (Wildman–Crippen LogP) is 3.46. The zero-order valence-electron chi connectivity index (χ0n) is 14.3. The van der Waals surface area contributed by atoms with Gasteiger partial charge in [-0.25, -0.2) is 4.99 Å². The monoisotopic (exact) mass is 313 g/mol. The maximum Gasteiger partial charge on any atom is 0.252 e. The molecule has 1 amide bonds. The molecule has 0 N–H and O–H groups in total. The van der Waals surface area contributed by atoms with E-state index in [1.54, 1.807) is 0 Å². The molecule has 0 bridgehead atoms. The first-order chi connectivity index (χ1) is 11.2. The van der Waals surface area contributed by atoms with Crippen LogP contribution in [-0.4, -0.2) is 40.7 Å². The zero-order chi connectivity index (χ0) is 16.0. The van der Waals surface area contributed by atoms with Gasteiger partial charge in [0.05, 0.1) is 5.70 Å². The van der Waals surface area contributed by atoms with Crippen molar-refractivity contribution in [3.63, 3.8) is 0 Å². The summed E-state index contributed by atoms with van der Waals surface area (Å²) in [6.07, 6.45) is 13.2. The highest BCUT2D eigenvalue weighted by atomic mass is 16.2. The van der Waals surface area contributed by atoms with Gasteiger partial charge in [0.1, 0.15) is 5.54 Å². The van der Waals surface area contributed by atoms with E-state index in [9.17, 15) is 4.79 Å². The molecule has 0 radical (unpaired) electrons. The highest BCUT2D eigenvalue weighted by Crippen LogP contribution is 2.42. The fourth-order valence-corrected chi connectivity index (χ4v) is 4.40. The Bertz CT molecular complexity index is 614. The van der Waals surface area contributed by atoms with Gasteiger partial charge in [-0.05, 0) is 51.4 Å². The largest absolute Gasteiger partial charge is 0.340 e. The van der Waals surface area contributed by atoms with E-state index < -0.39 is 0 Å². The first-order valence-corrected chi connectivity index (χ1v) is 9.22. The molecule has 0 spiro atoms. The van der Waals surface area contributed by atoms with Gasteiger partial charge < -0.3 is 9.80 Å². The molecule has 3 fully saturated rings. The average Bonchev–Trinajstić information content (AvgIpc) is 3.38. The molecule has 23 heavy (non-hydrogen) atoms. The van der Waals surface area contributed by atoms with Crippen LogP contribution in [0.2, 0.25) is 0 Å². The van der Waals surface area contributed by atoms with Gasteiger partial charge in [-0.1, -0.05) is 19.1 Å². The van der Waals surface area contributed by atoms with Gasteiger partial charge >= 0.3 is 0 Å². The van der Waals surface area contributed by atoms with E-state index in [1.807, 2.05) is 11.9 Å². The molecule has 1 unspecified atom stereocenters. The number of allylic oxidation sites excluding steroid dienone is 3. The number of hydrogen-bond donors (Lipinski definition) is 0. The van der Waals surface area contributed by atoms with Crippen molar-refractivity contribution >= 4 is 11.7 Å². The van der Waals surface area contributed by atoms with Crippen molar-refractivity contribution < 1.29 is 4.79 Å². The van der Waals surface area contributed by atoms with Crippen molar-refractivity contribution in [1.29, 1.82) is 0 Å². The molecular formula is C19H27N3O. The van der Waals surface area contributed by atoms with E-state index in [4.69, 9.17) is 4.99 Å². The Hall–Kier alpha value is -1.58. The van der Waals surface area contributed by atoms with Crippen LogP contribution in [0.3, 0.4) is 0 Å². The Balaban J connectivity index is 1.84. The maximum atomic E-state index is 13.2. The Morgan fingerprint density at radius 3 is 2.78 bits per heavy atom. The van der Waals surface area contributed by atoms with Crippen molar-refractivity contribution in [2.24, 2.45) is 10.9 Å². The number of amidine groups is 1. The van der Waals surface area contributed by atoms with Gasteiger partial charge in [0.15, 0.2) is 5.84 Å². The van der Waals surface area contributed by atoms with E-state index in [-0.39, 0.29) is 11.4 Å². The van der Waals surface area contributed by atoms with Crippen LogP contribution in [-0.2, 0) is 4.79 Å². The quantitative estimate of drug-likeness (QED) is 0.782. The number of amides is 1. The van der Waals surface area contributed by atoms with Gasteiger partial charge in [0.25, 0.3) is 5.91 Å². The van der Waals surface area contributed by atoms with Gasteiger partial charge in [0.2, 0.25) is 0 Å². The molecular weight excluding hydrogens is 286 g/mol. The Morgan fingerprint density at radius 1 is 1.26 bits per heavy atom. The average molecular weight is 313 g/mol. The topological polar surface area (TPSA) is 35.9 Å². The summed E-state index contributed by atoms with van der Waals surface area (Å²) in [4.78, 5) is 22.5. The normalized spacial score (nSPS) is 31.4. The van der Waals surface area contributed by atoms with Crippen LogP contribution in [0.1, 0.15) is 58.3 Å². The minimum absolute atomic E-state index is 0.266. The molecule has 0 aromatic rings. The van der Waals surface area contributed by atoms with Crippen molar-refractivity contribution in [3.05, 3.63) is 23.5 Å². The van der Waals surface area contributed by atoms with Crippen molar-refractivity contribution in [3.8, 4) is 0 Å². The summed E-state index contributed by atoms with van der Waals surface area (Å²) in [5, 5.41) is 0. The third-order valence-electron chi connectivity index (χ3n) is 5.96. The van der Waals surface area contributed by atoms with Gasteiger partial charge in [-0.2, -0.15) is 0 Å². The number of nitrogens with zero attached hydrogens (tertiary/aromatic N) is 3. The van der Waals surface area contributed by atoms with Gasteiger partial charge in [0, 0.05) is 25.2 Å². The summed E-state index contributed by atoms with van der Waals surface area (Å²) in [5.74, 6) is 1.99. The van der Waals surface area contributed by atoms with Crippen molar-refractivity contribution in [2.75, 3.05) is 13.6 Å². The molecule has 4 aliphatic rings. The van der Waals surface area contributed by atoms with Crippen molar-refractivity contribution in [2.45, 2.75) is 63.8 Å². The smallest absolute Gasteiger partial charge is 0.252 e. The van der Waals surface area contributed by atoms with Crippen molar-refractivity contribution in [1.82, 2.24) is 9.80 Å². The second-order valence-corrected chi connectivity index (χ2v) is 7.36. The summed E-state index contributed by atoms with van der Waals surface area (Å²) >= 11 is 0. The molecule has 1 aliphatic carbocycles. The van der Waals surface area contributed by atoms with Gasteiger partial charge in [-0.3, -0.25) is 4.79 Å². The highest BCUT2D eigenvalue weighted by molar-refractivity contribution is 6.09. The lowest BCUT2D eigenvalue weighted by molar-refractivity contribution is -0.143. The summed E-state index contributed by atoms with van der Waals surface area (Å²) in [5.41, 5.74) is 1.94. The second kappa shape index (κ2) is 5.50. The summed E-state index contributed by atoms with van der Waals surface area (Å²) < 4.78 is 0. The number of piperazine rings is 1. The number of aliphatic imine (C=N–C) groups is 1. The van der Waals surface area contributed by atoms with Crippen LogP contribution in [0.4, 0.5) is 0 Å². The standard InChI is InChI=1S/C19H27N3O/c1-3-19-12-6-7-13-22(19)17-16(21(2)18(19)23)9-5-4-8-15(20-17)14-10-11-14/h8-9,14H,3-7,10-13H2,1-2H3. The lowest BCUT2D eigenvalue weighted by Gasteiger charge is -2.53. The Labute approximate surface area is 138 Å². The number of rotatable bonds is 2. The number of piperidine rings is 1. The van der Waals surface area contributed by atoms with Crippen LogP contribution in [0.25, 0.3) is 0 Å². The molecule has 4 nitrogen and oxygen atoms in total. The predicted molar refractivity (Wildman–Crippen MR) is 91.9 cm³/mol. The SMILES string of the molecule is CCC12CCCCN1C1=NC(C3CC3)=CCCC=C1N(C)C2=O. The molecule has 4 rings (SSSR count). The molecule has 0 aromatic heterocycles. The molecule has 0 aromatic carbocycles.